The summed E-state index contributed by atoms with van der Waals surface area (Å²) < 4.78 is 0. The first kappa shape index (κ1) is 12.3. The zero-order chi connectivity index (χ0) is 10.9. The van der Waals surface area contributed by atoms with Crippen molar-refractivity contribution >= 4 is 17.8 Å². The van der Waals surface area contributed by atoms with Gasteiger partial charge < -0.3 is 10.2 Å². The van der Waals surface area contributed by atoms with Gasteiger partial charge in [0.05, 0.1) is 12.7 Å². The van der Waals surface area contributed by atoms with E-state index >= 15 is 0 Å². The Morgan fingerprint density at radius 3 is 2.67 bits per heavy atom. The first-order valence-electron chi connectivity index (χ1n) is 4.91. The van der Waals surface area contributed by atoms with Crippen molar-refractivity contribution in [1.82, 2.24) is 0 Å². The minimum Gasteiger partial charge on any atom is -0.394 e. The number of hydrogen-bond donors (Lipinski definition) is 2. The Bertz CT molecular complexity index is 285. The van der Waals surface area contributed by atoms with E-state index in [1.165, 1.54) is 5.56 Å². The van der Waals surface area contributed by atoms with Crippen LogP contribution in [0.25, 0.3) is 6.08 Å². The fourth-order valence-corrected chi connectivity index (χ4v) is 1.82. The summed E-state index contributed by atoms with van der Waals surface area (Å²) in [5.74, 6) is 1.43. The molecule has 15 heavy (non-hydrogen) atoms. The molecule has 2 N–H and O–H groups in total. The molecule has 0 aliphatic carbocycles. The van der Waals surface area contributed by atoms with Gasteiger partial charge >= 0.3 is 0 Å². The fraction of sp³-hybridized carbons (Fsp3) is 0.333. The lowest BCUT2D eigenvalue weighted by atomic mass is 10.2. The molecule has 3 heteroatoms. The van der Waals surface area contributed by atoms with Crippen LogP contribution in [-0.4, -0.2) is 34.4 Å². The lowest BCUT2D eigenvalue weighted by Crippen LogP contribution is -2.14. The van der Waals surface area contributed by atoms with Crippen LogP contribution in [-0.2, 0) is 0 Å². The van der Waals surface area contributed by atoms with E-state index in [1.807, 2.05) is 30.3 Å². The average Bonchev–Trinajstić information content (AvgIpc) is 2.29. The molecule has 1 aromatic rings. The molecule has 0 heterocycles. The van der Waals surface area contributed by atoms with Crippen LogP contribution in [0.15, 0.2) is 36.4 Å². The molecule has 82 valence electrons. The summed E-state index contributed by atoms with van der Waals surface area (Å²) in [6, 6.07) is 10.1. The van der Waals surface area contributed by atoms with Gasteiger partial charge in [0, 0.05) is 11.5 Å². The van der Waals surface area contributed by atoms with Crippen LogP contribution >= 0.6 is 11.8 Å². The maximum absolute atomic E-state index is 9.08. The first-order valence-corrected chi connectivity index (χ1v) is 6.06. The summed E-state index contributed by atoms with van der Waals surface area (Å²) in [6.07, 6.45) is 3.52. The SMILES string of the molecule is OCC(O)CSC/C=C/c1ccccc1. The van der Waals surface area contributed by atoms with Crippen LogP contribution in [0.3, 0.4) is 0 Å². The second kappa shape index (κ2) is 7.51. The number of hydrogen-bond acceptors (Lipinski definition) is 3. The normalized spacial score (nSPS) is 13.2. The Labute approximate surface area is 94.6 Å². The molecule has 1 atom stereocenters. The average molecular weight is 224 g/mol. The Morgan fingerprint density at radius 1 is 1.27 bits per heavy atom. The molecular formula is C12H16O2S. The highest BCUT2D eigenvalue weighted by atomic mass is 32.2. The highest BCUT2D eigenvalue weighted by Crippen LogP contribution is 2.06. The molecule has 0 aliphatic rings. The van der Waals surface area contributed by atoms with Crippen molar-refractivity contribution in [2.45, 2.75) is 6.10 Å². The van der Waals surface area contributed by atoms with Crippen LogP contribution in [0.2, 0.25) is 0 Å². The van der Waals surface area contributed by atoms with E-state index in [9.17, 15) is 0 Å². The topological polar surface area (TPSA) is 40.5 Å². The molecule has 0 aromatic heterocycles. The van der Waals surface area contributed by atoms with E-state index in [4.69, 9.17) is 10.2 Å². The molecule has 0 amide bonds. The van der Waals surface area contributed by atoms with E-state index in [0.717, 1.165) is 5.75 Å². The summed E-state index contributed by atoms with van der Waals surface area (Å²) in [5, 5.41) is 17.7. The van der Waals surface area contributed by atoms with E-state index in [1.54, 1.807) is 11.8 Å². The van der Waals surface area contributed by atoms with Gasteiger partial charge in [-0.1, -0.05) is 42.5 Å². The lowest BCUT2D eigenvalue weighted by Gasteiger charge is -2.03. The minimum atomic E-state index is -0.597. The van der Waals surface area contributed by atoms with E-state index in [-0.39, 0.29) is 6.61 Å². The van der Waals surface area contributed by atoms with Crippen LogP contribution in [0.5, 0.6) is 0 Å². The molecule has 1 rings (SSSR count). The molecule has 0 spiro atoms. The number of aliphatic hydroxyl groups is 2. The molecule has 0 fully saturated rings. The van der Waals surface area contributed by atoms with E-state index < -0.39 is 6.10 Å². The second-order valence-electron chi connectivity index (χ2n) is 3.19. The van der Waals surface area contributed by atoms with Crippen molar-refractivity contribution in [2.75, 3.05) is 18.1 Å². The predicted octanol–water partition coefficient (Wildman–Crippen LogP) is 1.79. The Morgan fingerprint density at radius 2 is 2.00 bits per heavy atom. The zero-order valence-electron chi connectivity index (χ0n) is 8.54. The summed E-state index contributed by atoms with van der Waals surface area (Å²) in [6.45, 7) is -0.157. The van der Waals surface area contributed by atoms with Crippen molar-refractivity contribution in [3.63, 3.8) is 0 Å². The molecule has 0 bridgehead atoms. The molecule has 0 radical (unpaired) electrons. The number of aliphatic hydroxyl groups excluding tert-OH is 2. The summed E-state index contributed by atoms with van der Waals surface area (Å²) in [7, 11) is 0. The predicted molar refractivity (Wildman–Crippen MR) is 65.9 cm³/mol. The quantitative estimate of drug-likeness (QED) is 0.724. The van der Waals surface area contributed by atoms with Gasteiger partial charge in [0.1, 0.15) is 0 Å². The van der Waals surface area contributed by atoms with Gasteiger partial charge in [-0.3, -0.25) is 0 Å². The molecule has 2 nitrogen and oxygen atoms in total. The van der Waals surface area contributed by atoms with Gasteiger partial charge in [0.25, 0.3) is 0 Å². The Balaban J connectivity index is 2.18. The monoisotopic (exact) mass is 224 g/mol. The van der Waals surface area contributed by atoms with Gasteiger partial charge in [-0.15, -0.1) is 0 Å². The van der Waals surface area contributed by atoms with Crippen LogP contribution in [0.4, 0.5) is 0 Å². The Hall–Kier alpha value is -0.770. The minimum absolute atomic E-state index is 0.157. The van der Waals surface area contributed by atoms with Crippen molar-refractivity contribution in [3.8, 4) is 0 Å². The highest BCUT2D eigenvalue weighted by Gasteiger charge is 1.99. The molecule has 1 aromatic carbocycles. The standard InChI is InChI=1S/C12H16O2S/c13-9-12(14)10-15-8-4-7-11-5-2-1-3-6-11/h1-7,12-14H,8-10H2/b7-4+. The largest absolute Gasteiger partial charge is 0.394 e. The number of thioether (sulfide) groups is 1. The van der Waals surface area contributed by atoms with Gasteiger partial charge in [-0.25, -0.2) is 0 Å². The van der Waals surface area contributed by atoms with Gasteiger partial charge in [0.2, 0.25) is 0 Å². The molecular weight excluding hydrogens is 208 g/mol. The number of benzene rings is 1. The number of rotatable bonds is 6. The first-order chi connectivity index (χ1) is 7.33. The van der Waals surface area contributed by atoms with Crippen molar-refractivity contribution < 1.29 is 10.2 Å². The van der Waals surface area contributed by atoms with Crippen molar-refractivity contribution in [3.05, 3.63) is 42.0 Å². The molecule has 0 saturated heterocycles. The van der Waals surface area contributed by atoms with E-state index in [2.05, 4.69) is 12.2 Å². The molecule has 0 saturated carbocycles. The smallest absolute Gasteiger partial charge is 0.0861 e. The van der Waals surface area contributed by atoms with Crippen molar-refractivity contribution in [2.24, 2.45) is 0 Å². The third-order valence-corrected chi connectivity index (χ3v) is 2.89. The van der Waals surface area contributed by atoms with Crippen LogP contribution < -0.4 is 0 Å². The van der Waals surface area contributed by atoms with E-state index in [0.29, 0.717) is 5.75 Å². The van der Waals surface area contributed by atoms with Gasteiger partial charge in [-0.05, 0) is 5.56 Å². The molecule has 0 aliphatic heterocycles. The maximum atomic E-state index is 9.08. The van der Waals surface area contributed by atoms with Crippen LogP contribution in [0.1, 0.15) is 5.56 Å². The summed E-state index contributed by atoms with van der Waals surface area (Å²) in [5.41, 5.74) is 1.18. The van der Waals surface area contributed by atoms with Crippen molar-refractivity contribution in [1.29, 1.82) is 0 Å². The second-order valence-corrected chi connectivity index (χ2v) is 4.26. The zero-order valence-corrected chi connectivity index (χ0v) is 9.36. The van der Waals surface area contributed by atoms with Gasteiger partial charge in [0.15, 0.2) is 0 Å². The lowest BCUT2D eigenvalue weighted by molar-refractivity contribution is 0.113. The Kier molecular flexibility index (Phi) is 6.16. The third kappa shape index (κ3) is 5.62. The summed E-state index contributed by atoms with van der Waals surface area (Å²) in [4.78, 5) is 0. The third-order valence-electron chi connectivity index (χ3n) is 1.84. The summed E-state index contributed by atoms with van der Waals surface area (Å²) >= 11 is 1.61. The van der Waals surface area contributed by atoms with Crippen LogP contribution in [0, 0.1) is 0 Å². The fourth-order valence-electron chi connectivity index (χ4n) is 1.07. The van der Waals surface area contributed by atoms with Gasteiger partial charge in [-0.2, -0.15) is 11.8 Å². The molecule has 1 unspecified atom stereocenters. The highest BCUT2D eigenvalue weighted by molar-refractivity contribution is 7.99. The maximum Gasteiger partial charge on any atom is 0.0861 e.